The first-order valence-electron chi connectivity index (χ1n) is 27.5. The first kappa shape index (κ1) is 45.7. The van der Waals surface area contributed by atoms with E-state index in [1.807, 2.05) is 6.08 Å². The summed E-state index contributed by atoms with van der Waals surface area (Å²) in [6.07, 6.45) is 6.18. The van der Waals surface area contributed by atoms with Gasteiger partial charge in [0.15, 0.2) is 0 Å². The summed E-state index contributed by atoms with van der Waals surface area (Å²) in [5, 5.41) is 14.1. The van der Waals surface area contributed by atoms with Crippen molar-refractivity contribution in [3.63, 3.8) is 0 Å². The lowest BCUT2D eigenvalue weighted by atomic mass is 9.87. The van der Waals surface area contributed by atoms with Crippen LogP contribution < -0.4 is 0 Å². The van der Waals surface area contributed by atoms with E-state index in [-0.39, 0.29) is 0 Å². The van der Waals surface area contributed by atoms with E-state index in [9.17, 15) is 0 Å². The Morgan fingerprint density at radius 2 is 0.787 bits per heavy atom. The summed E-state index contributed by atoms with van der Waals surface area (Å²) in [5.74, 6) is 0. The van der Waals surface area contributed by atoms with Gasteiger partial charge in [-0.3, -0.25) is 0 Å². The quantitative estimate of drug-likeness (QED) is 0.110. The van der Waals surface area contributed by atoms with E-state index in [2.05, 4.69) is 290 Å². The van der Waals surface area contributed by atoms with Gasteiger partial charge in [0.05, 0.1) is 33.4 Å². The second-order valence-corrected chi connectivity index (χ2v) is 21.1. The predicted molar refractivity (Wildman–Crippen MR) is 341 cm³/mol. The van der Waals surface area contributed by atoms with Crippen molar-refractivity contribution in [2.24, 2.45) is 0 Å². The van der Waals surface area contributed by atoms with Gasteiger partial charge in [-0.2, -0.15) is 0 Å². The monoisotopic (exact) mass is 1020 g/mol. The third kappa shape index (κ3) is 6.81. The second kappa shape index (κ2) is 18.1. The molecule has 3 heterocycles. The molecule has 0 aliphatic carbocycles. The molecule has 374 valence electrons. The van der Waals surface area contributed by atoms with Crippen molar-refractivity contribution < 1.29 is 4.42 Å². The van der Waals surface area contributed by atoms with E-state index >= 15 is 0 Å². The molecular weight excluding hydrogens is 969 g/mol. The molecule has 80 heavy (non-hydrogen) atoms. The van der Waals surface area contributed by atoms with E-state index in [1.54, 1.807) is 0 Å². The van der Waals surface area contributed by atoms with Gasteiger partial charge in [0.1, 0.15) is 11.2 Å². The third-order valence-electron chi connectivity index (χ3n) is 16.9. The van der Waals surface area contributed by atoms with Crippen LogP contribution in [0.1, 0.15) is 11.1 Å². The smallest absolute Gasteiger partial charge is 0.143 e. The van der Waals surface area contributed by atoms with Crippen LogP contribution in [0, 0.1) is 6.92 Å². The average Bonchev–Trinajstić information content (AvgIpc) is 4.30. The molecule has 13 aromatic carbocycles. The van der Waals surface area contributed by atoms with Crippen molar-refractivity contribution in [1.29, 1.82) is 0 Å². The van der Waals surface area contributed by atoms with E-state index < -0.39 is 0 Å². The zero-order valence-electron chi connectivity index (χ0n) is 44.0. The van der Waals surface area contributed by atoms with Crippen LogP contribution in [0.2, 0.25) is 0 Å². The molecule has 0 amide bonds. The highest BCUT2D eigenvalue weighted by molar-refractivity contribution is 6.23. The van der Waals surface area contributed by atoms with Gasteiger partial charge in [-0.25, -0.2) is 0 Å². The fourth-order valence-corrected chi connectivity index (χ4v) is 13.4. The largest absolute Gasteiger partial charge is 0.455 e. The Morgan fingerprint density at radius 1 is 0.338 bits per heavy atom. The number of aromatic nitrogens is 2. The summed E-state index contributed by atoms with van der Waals surface area (Å²) < 4.78 is 12.3. The van der Waals surface area contributed by atoms with Gasteiger partial charge in [-0.15, -0.1) is 0 Å². The van der Waals surface area contributed by atoms with Crippen molar-refractivity contribution in [3.05, 3.63) is 285 Å². The van der Waals surface area contributed by atoms with Crippen LogP contribution in [-0.4, -0.2) is 9.13 Å². The molecule has 0 aliphatic heterocycles. The number of hydrogen-bond donors (Lipinski definition) is 0. The Balaban J connectivity index is 0.893. The first-order valence-corrected chi connectivity index (χ1v) is 27.5. The van der Waals surface area contributed by atoms with Crippen molar-refractivity contribution in [1.82, 2.24) is 9.13 Å². The molecule has 0 fully saturated rings. The van der Waals surface area contributed by atoms with Crippen LogP contribution in [-0.2, 0) is 0 Å². The molecule has 0 saturated heterocycles. The summed E-state index contributed by atoms with van der Waals surface area (Å²) in [5.41, 5.74) is 20.3. The number of hydrogen-bond acceptors (Lipinski definition) is 1. The van der Waals surface area contributed by atoms with Crippen LogP contribution in [0.15, 0.2) is 278 Å². The maximum absolute atomic E-state index is 7.29. The van der Waals surface area contributed by atoms with Gasteiger partial charge in [-0.1, -0.05) is 231 Å². The fraction of sp³-hybridized carbons (Fsp3) is 0.0130. The number of benzene rings is 13. The molecule has 0 N–H and O–H groups in total. The highest BCUT2D eigenvalue weighted by atomic mass is 16.3. The molecule has 0 aliphatic rings. The van der Waals surface area contributed by atoms with Gasteiger partial charge >= 0.3 is 0 Å². The lowest BCUT2D eigenvalue weighted by Crippen LogP contribution is -2.03. The van der Waals surface area contributed by atoms with Gasteiger partial charge in [-0.05, 0) is 116 Å². The van der Waals surface area contributed by atoms with Crippen LogP contribution in [0.3, 0.4) is 0 Å². The van der Waals surface area contributed by atoms with E-state index in [0.29, 0.717) is 0 Å². The Bertz CT molecular complexity index is 5200. The van der Waals surface area contributed by atoms with E-state index in [4.69, 9.17) is 4.42 Å². The standard InChI is InChI=1S/C77H50N2O/c1-3-4-26-54-48(2)73(58-29-11-14-32-61(58)75(54)78-68-37-19-17-27-55(68)66-45-51(40-43-70(66)78)49-22-7-5-8-23-49)65-36-21-35-64-57-42-39-53(47-72(57)80-77(64)65)74-59-30-12-15-33-62(59)76(63-34-16-13-31-60(63)74)79-69-38-20-18-28-56(69)67-46-52(41-44-71(67)79)50-24-9-6-10-25-50/h3-47H,1H2,2H3/b26-4-. The minimum Gasteiger partial charge on any atom is -0.455 e. The molecule has 0 radical (unpaired) electrons. The van der Waals surface area contributed by atoms with Gasteiger partial charge in [0, 0.05) is 59.6 Å². The molecule has 16 rings (SSSR count). The van der Waals surface area contributed by atoms with Crippen LogP contribution >= 0.6 is 0 Å². The highest BCUT2D eigenvalue weighted by Crippen LogP contribution is 2.49. The zero-order chi connectivity index (χ0) is 53.0. The minimum atomic E-state index is 0.851. The average molecular weight is 1020 g/mol. The highest BCUT2D eigenvalue weighted by Gasteiger charge is 2.26. The minimum absolute atomic E-state index is 0.851. The topological polar surface area (TPSA) is 23.0 Å². The first-order chi connectivity index (χ1) is 39.6. The molecular formula is C77H50N2O. The maximum atomic E-state index is 7.29. The lowest BCUT2D eigenvalue weighted by molar-refractivity contribution is 0.670. The number of nitrogens with zero attached hydrogens (tertiary/aromatic N) is 2. The van der Waals surface area contributed by atoms with Gasteiger partial charge < -0.3 is 13.6 Å². The molecule has 3 nitrogen and oxygen atoms in total. The lowest BCUT2D eigenvalue weighted by Gasteiger charge is -2.21. The predicted octanol–water partition coefficient (Wildman–Crippen LogP) is 21.4. The van der Waals surface area contributed by atoms with Crippen molar-refractivity contribution in [3.8, 4) is 55.9 Å². The molecule has 0 spiro atoms. The number of para-hydroxylation sites is 3. The maximum Gasteiger partial charge on any atom is 0.143 e. The molecule has 0 atom stereocenters. The van der Waals surface area contributed by atoms with Gasteiger partial charge in [0.2, 0.25) is 0 Å². The Labute approximate surface area is 462 Å². The molecule has 0 unspecified atom stereocenters. The Morgan fingerprint density at radius 3 is 1.35 bits per heavy atom. The van der Waals surface area contributed by atoms with Crippen molar-refractivity contribution in [2.75, 3.05) is 0 Å². The van der Waals surface area contributed by atoms with Gasteiger partial charge in [0.25, 0.3) is 0 Å². The second-order valence-electron chi connectivity index (χ2n) is 21.1. The summed E-state index contributed by atoms with van der Waals surface area (Å²) in [6.45, 7) is 6.42. The van der Waals surface area contributed by atoms with E-state index in [0.717, 1.165) is 77.2 Å². The number of allylic oxidation sites excluding steroid dienone is 2. The van der Waals surface area contributed by atoms with E-state index in [1.165, 1.54) is 87.6 Å². The van der Waals surface area contributed by atoms with Crippen molar-refractivity contribution >= 4 is 104 Å². The normalized spacial score (nSPS) is 12.1. The summed E-state index contributed by atoms with van der Waals surface area (Å²) >= 11 is 0. The molecule has 0 saturated carbocycles. The fourth-order valence-electron chi connectivity index (χ4n) is 13.4. The SMILES string of the molecule is C=C/C=C\c1c(C)c(-c2cccc3c2oc2cc(-c4c5ccccc5c(-n5c6ccccc6c6cc(-c7ccccc7)ccc65)c5ccccc45)ccc23)c2ccccc2c1-n1c2ccccc2c2cc(-c3ccccc3)ccc21. The van der Waals surface area contributed by atoms with Crippen molar-refractivity contribution in [2.45, 2.75) is 6.92 Å². The third-order valence-corrected chi connectivity index (χ3v) is 16.9. The van der Waals surface area contributed by atoms with Crippen LogP contribution in [0.25, 0.3) is 160 Å². The molecule has 16 aromatic rings. The summed E-state index contributed by atoms with van der Waals surface area (Å²) in [4.78, 5) is 0. The Kier molecular flexibility index (Phi) is 10.3. The van der Waals surface area contributed by atoms with Crippen LogP contribution in [0.4, 0.5) is 0 Å². The summed E-state index contributed by atoms with van der Waals surface area (Å²) in [6, 6.07) is 93.2. The number of fused-ring (bicyclic) bond motifs is 12. The molecule has 3 heteroatoms. The van der Waals surface area contributed by atoms with Crippen LogP contribution in [0.5, 0.6) is 0 Å². The number of rotatable bonds is 8. The molecule has 0 bridgehead atoms. The summed E-state index contributed by atoms with van der Waals surface area (Å²) in [7, 11) is 0. The molecule has 3 aromatic heterocycles. The Hall–Kier alpha value is -10.5. The number of furan rings is 1. The zero-order valence-corrected chi connectivity index (χ0v) is 44.0.